The molecule has 0 saturated carbocycles. The van der Waals surface area contributed by atoms with E-state index in [-0.39, 0.29) is 18.1 Å². The molecule has 0 spiro atoms. The molecule has 1 aliphatic heterocycles. The molecule has 2 N–H and O–H groups in total. The molecule has 4 heteroatoms. The summed E-state index contributed by atoms with van der Waals surface area (Å²) >= 11 is 0. The number of benzene rings is 1. The van der Waals surface area contributed by atoms with E-state index in [0.29, 0.717) is 19.6 Å². The van der Waals surface area contributed by atoms with Crippen LogP contribution in [0, 0.1) is 12.7 Å². The molecule has 1 atom stereocenters. The molecule has 2 rings (SSSR count). The molecule has 0 radical (unpaired) electrons. The Morgan fingerprint density at radius 2 is 2.12 bits per heavy atom. The Morgan fingerprint density at radius 1 is 1.41 bits per heavy atom. The standard InChI is InChI=1S/C13H18FNO2/c1-9-6-11(14)3-2-10(9)7-12(15)8-13-16-4-5-17-13/h2-3,6,12-13H,4-5,7-8,15H2,1H3. The molecule has 1 heterocycles. The molecule has 94 valence electrons. The Hall–Kier alpha value is -0.970. The van der Waals surface area contributed by atoms with Crippen LogP contribution in [-0.4, -0.2) is 25.5 Å². The van der Waals surface area contributed by atoms with Crippen molar-refractivity contribution in [2.75, 3.05) is 13.2 Å². The zero-order valence-corrected chi connectivity index (χ0v) is 9.99. The van der Waals surface area contributed by atoms with Crippen LogP contribution in [-0.2, 0) is 15.9 Å². The van der Waals surface area contributed by atoms with E-state index in [4.69, 9.17) is 15.2 Å². The minimum absolute atomic E-state index is 0.0257. The predicted octanol–water partition coefficient (Wildman–Crippen LogP) is 1.77. The molecule has 0 amide bonds. The third-order valence-corrected chi connectivity index (χ3v) is 2.97. The minimum atomic E-state index is -0.206. The van der Waals surface area contributed by atoms with E-state index in [9.17, 15) is 4.39 Å². The molecule has 1 fully saturated rings. The first-order valence-corrected chi connectivity index (χ1v) is 5.89. The fraction of sp³-hybridized carbons (Fsp3) is 0.538. The van der Waals surface area contributed by atoms with Crippen molar-refractivity contribution < 1.29 is 13.9 Å². The lowest BCUT2D eigenvalue weighted by Crippen LogP contribution is -2.29. The van der Waals surface area contributed by atoms with E-state index in [1.807, 2.05) is 6.92 Å². The summed E-state index contributed by atoms with van der Waals surface area (Å²) in [6, 6.07) is 4.77. The van der Waals surface area contributed by atoms with Gasteiger partial charge >= 0.3 is 0 Å². The lowest BCUT2D eigenvalue weighted by molar-refractivity contribution is -0.0504. The van der Waals surface area contributed by atoms with Crippen LogP contribution < -0.4 is 5.73 Å². The van der Waals surface area contributed by atoms with Crippen molar-refractivity contribution in [1.29, 1.82) is 0 Å². The van der Waals surface area contributed by atoms with Crippen LogP contribution in [0.5, 0.6) is 0 Å². The minimum Gasteiger partial charge on any atom is -0.350 e. The number of hydrogen-bond donors (Lipinski definition) is 1. The maximum atomic E-state index is 12.9. The van der Waals surface area contributed by atoms with Gasteiger partial charge in [-0.05, 0) is 36.6 Å². The van der Waals surface area contributed by atoms with Gasteiger partial charge in [-0.1, -0.05) is 6.07 Å². The Kier molecular flexibility index (Phi) is 4.10. The van der Waals surface area contributed by atoms with Gasteiger partial charge in [-0.15, -0.1) is 0 Å². The van der Waals surface area contributed by atoms with Gasteiger partial charge in [0.1, 0.15) is 5.82 Å². The summed E-state index contributed by atoms with van der Waals surface area (Å²) in [6.45, 7) is 3.19. The van der Waals surface area contributed by atoms with Crippen molar-refractivity contribution in [3.05, 3.63) is 35.1 Å². The van der Waals surface area contributed by atoms with Crippen molar-refractivity contribution in [2.24, 2.45) is 5.73 Å². The van der Waals surface area contributed by atoms with E-state index in [0.717, 1.165) is 17.5 Å². The third kappa shape index (κ3) is 3.49. The van der Waals surface area contributed by atoms with Gasteiger partial charge in [-0.25, -0.2) is 4.39 Å². The summed E-state index contributed by atoms with van der Waals surface area (Å²) in [7, 11) is 0. The van der Waals surface area contributed by atoms with Crippen LogP contribution in [0.3, 0.4) is 0 Å². The second-order valence-electron chi connectivity index (χ2n) is 4.44. The zero-order valence-electron chi connectivity index (χ0n) is 9.99. The van der Waals surface area contributed by atoms with Gasteiger partial charge in [0.2, 0.25) is 0 Å². The van der Waals surface area contributed by atoms with E-state index < -0.39 is 0 Å². The number of nitrogens with two attached hydrogens (primary N) is 1. The lowest BCUT2D eigenvalue weighted by atomic mass is 9.99. The molecule has 1 unspecified atom stereocenters. The molecule has 0 aliphatic carbocycles. The van der Waals surface area contributed by atoms with Crippen molar-refractivity contribution in [3.8, 4) is 0 Å². The number of halogens is 1. The highest BCUT2D eigenvalue weighted by Gasteiger charge is 2.19. The van der Waals surface area contributed by atoms with Crippen molar-refractivity contribution >= 4 is 0 Å². The molecule has 0 bridgehead atoms. The molecule has 1 saturated heterocycles. The smallest absolute Gasteiger partial charge is 0.159 e. The van der Waals surface area contributed by atoms with Crippen LogP contribution in [0.15, 0.2) is 18.2 Å². The molecular formula is C13H18FNO2. The summed E-state index contributed by atoms with van der Waals surface area (Å²) in [6.07, 6.45) is 1.22. The average molecular weight is 239 g/mol. The monoisotopic (exact) mass is 239 g/mol. The van der Waals surface area contributed by atoms with Gasteiger partial charge in [-0.3, -0.25) is 0 Å². The summed E-state index contributed by atoms with van der Waals surface area (Å²) < 4.78 is 23.6. The Morgan fingerprint density at radius 3 is 2.76 bits per heavy atom. The van der Waals surface area contributed by atoms with Gasteiger partial charge in [0.25, 0.3) is 0 Å². The topological polar surface area (TPSA) is 44.5 Å². The van der Waals surface area contributed by atoms with Gasteiger partial charge in [0.05, 0.1) is 13.2 Å². The van der Waals surface area contributed by atoms with Crippen LogP contribution in [0.4, 0.5) is 4.39 Å². The van der Waals surface area contributed by atoms with E-state index in [1.165, 1.54) is 12.1 Å². The van der Waals surface area contributed by atoms with E-state index >= 15 is 0 Å². The maximum Gasteiger partial charge on any atom is 0.159 e. The van der Waals surface area contributed by atoms with E-state index in [2.05, 4.69) is 0 Å². The van der Waals surface area contributed by atoms with Gasteiger partial charge < -0.3 is 15.2 Å². The van der Waals surface area contributed by atoms with Crippen molar-refractivity contribution in [1.82, 2.24) is 0 Å². The number of ether oxygens (including phenoxy) is 2. The fourth-order valence-corrected chi connectivity index (χ4v) is 2.04. The van der Waals surface area contributed by atoms with Gasteiger partial charge in [0.15, 0.2) is 6.29 Å². The zero-order chi connectivity index (χ0) is 12.3. The normalized spacial score (nSPS) is 18.5. The highest BCUT2D eigenvalue weighted by molar-refractivity contribution is 5.27. The molecule has 1 aliphatic rings. The van der Waals surface area contributed by atoms with Crippen LogP contribution >= 0.6 is 0 Å². The molecule has 17 heavy (non-hydrogen) atoms. The molecule has 0 aromatic heterocycles. The van der Waals surface area contributed by atoms with Gasteiger partial charge in [0, 0.05) is 12.5 Å². The summed E-state index contributed by atoms with van der Waals surface area (Å²) in [5.41, 5.74) is 8.06. The van der Waals surface area contributed by atoms with Crippen molar-refractivity contribution in [3.63, 3.8) is 0 Å². The highest BCUT2D eigenvalue weighted by atomic mass is 19.1. The Balaban J connectivity index is 1.90. The first-order chi connectivity index (χ1) is 8.15. The molecular weight excluding hydrogens is 221 g/mol. The third-order valence-electron chi connectivity index (χ3n) is 2.97. The summed E-state index contributed by atoms with van der Waals surface area (Å²) in [5, 5.41) is 0. The fourth-order valence-electron chi connectivity index (χ4n) is 2.04. The van der Waals surface area contributed by atoms with E-state index in [1.54, 1.807) is 6.07 Å². The van der Waals surface area contributed by atoms with Gasteiger partial charge in [-0.2, -0.15) is 0 Å². The molecule has 1 aromatic carbocycles. The first-order valence-electron chi connectivity index (χ1n) is 5.89. The lowest BCUT2D eigenvalue weighted by Gasteiger charge is -2.16. The summed E-state index contributed by atoms with van der Waals surface area (Å²) in [4.78, 5) is 0. The molecule has 1 aromatic rings. The molecule has 3 nitrogen and oxygen atoms in total. The Bertz CT molecular complexity index is 378. The van der Waals surface area contributed by atoms with Crippen molar-refractivity contribution in [2.45, 2.75) is 32.1 Å². The SMILES string of the molecule is Cc1cc(F)ccc1CC(N)CC1OCCO1. The quantitative estimate of drug-likeness (QED) is 0.870. The second kappa shape index (κ2) is 5.58. The Labute approximate surface area is 101 Å². The highest BCUT2D eigenvalue weighted by Crippen LogP contribution is 2.16. The summed E-state index contributed by atoms with van der Waals surface area (Å²) in [5.74, 6) is -0.206. The number of rotatable bonds is 4. The van der Waals surface area contributed by atoms with Crippen LogP contribution in [0.25, 0.3) is 0 Å². The first kappa shape index (κ1) is 12.5. The van der Waals surface area contributed by atoms with Crippen LogP contribution in [0.1, 0.15) is 17.5 Å². The largest absolute Gasteiger partial charge is 0.350 e. The average Bonchev–Trinajstić information content (AvgIpc) is 2.75. The number of aryl methyl sites for hydroxylation is 1. The van der Waals surface area contributed by atoms with Crippen LogP contribution in [0.2, 0.25) is 0 Å². The number of hydrogen-bond acceptors (Lipinski definition) is 3. The predicted molar refractivity (Wildman–Crippen MR) is 63.1 cm³/mol. The maximum absolute atomic E-state index is 12.9. The second-order valence-corrected chi connectivity index (χ2v) is 4.44.